The Kier molecular flexibility index (Phi) is 4.34. The highest BCUT2D eigenvalue weighted by Gasteiger charge is 2.65. The monoisotopic (exact) mass is 392 g/mol. The van der Waals surface area contributed by atoms with E-state index in [4.69, 9.17) is 4.84 Å². The van der Waals surface area contributed by atoms with Gasteiger partial charge in [-0.3, -0.25) is 20.2 Å². The number of carbonyl (C=O) groups excluding carboxylic acids is 3. The molecule has 2 aliphatic heterocycles. The topological polar surface area (TPSA) is 100 Å². The van der Waals surface area contributed by atoms with Gasteiger partial charge in [0.15, 0.2) is 6.10 Å². The molecule has 4 amide bonds. The minimum Gasteiger partial charge on any atom is -0.385 e. The molecule has 2 N–H and O–H groups in total. The maximum absolute atomic E-state index is 13.1. The van der Waals surface area contributed by atoms with E-state index in [0.717, 1.165) is 11.3 Å². The smallest absolute Gasteiger partial charge is 0.328 e. The van der Waals surface area contributed by atoms with Crippen LogP contribution in [0.3, 0.4) is 0 Å². The number of rotatable bonds is 3. The fourth-order valence-corrected chi connectivity index (χ4v) is 3.62. The number of urea groups is 1. The first-order chi connectivity index (χ1) is 13.8. The van der Waals surface area contributed by atoms with E-state index in [1.54, 1.807) is 24.3 Å². The lowest BCUT2D eigenvalue weighted by Gasteiger charge is -2.34. The van der Waals surface area contributed by atoms with E-state index in [0.29, 0.717) is 11.1 Å². The van der Waals surface area contributed by atoms with Crippen molar-refractivity contribution in [3.05, 3.63) is 65.2 Å². The van der Waals surface area contributed by atoms with Crippen molar-refractivity contribution in [2.24, 2.45) is 10.6 Å². The number of anilines is 1. The fourth-order valence-electron chi connectivity index (χ4n) is 3.62. The average Bonchev–Trinajstić information content (AvgIpc) is 3.08. The summed E-state index contributed by atoms with van der Waals surface area (Å²) in [5.41, 5.74) is 1.49. The molecule has 2 heterocycles. The van der Waals surface area contributed by atoms with Crippen molar-refractivity contribution in [1.82, 2.24) is 10.6 Å². The molecule has 1 spiro atoms. The number of hydrogen-bond donors (Lipinski definition) is 2. The maximum atomic E-state index is 13.1. The highest BCUT2D eigenvalue weighted by molar-refractivity contribution is 6.36. The SMILES string of the molecule is Cc1ccc(C2ON=C(c3ccc(N(C)C)cc3)C23C(=O)NC(=O)NC3=O)cc1. The van der Waals surface area contributed by atoms with Crippen LogP contribution in [-0.4, -0.2) is 37.7 Å². The molecule has 0 saturated carbocycles. The number of imide groups is 2. The van der Waals surface area contributed by atoms with E-state index in [9.17, 15) is 14.4 Å². The van der Waals surface area contributed by atoms with E-state index < -0.39 is 29.4 Å². The van der Waals surface area contributed by atoms with Gasteiger partial charge in [0.1, 0.15) is 5.71 Å². The molecule has 29 heavy (non-hydrogen) atoms. The zero-order valence-corrected chi connectivity index (χ0v) is 16.2. The molecule has 148 valence electrons. The van der Waals surface area contributed by atoms with Crippen LogP contribution in [0.25, 0.3) is 0 Å². The van der Waals surface area contributed by atoms with E-state index in [2.05, 4.69) is 15.8 Å². The first kappa shape index (κ1) is 18.7. The third kappa shape index (κ3) is 2.84. The Morgan fingerprint density at radius 3 is 2.07 bits per heavy atom. The Morgan fingerprint density at radius 1 is 0.931 bits per heavy atom. The van der Waals surface area contributed by atoms with Crippen molar-refractivity contribution in [3.63, 3.8) is 0 Å². The number of carbonyl (C=O) groups is 3. The molecule has 4 rings (SSSR count). The van der Waals surface area contributed by atoms with Crippen LogP contribution in [0.4, 0.5) is 10.5 Å². The van der Waals surface area contributed by atoms with Crippen molar-refractivity contribution in [2.75, 3.05) is 19.0 Å². The highest BCUT2D eigenvalue weighted by Crippen LogP contribution is 2.46. The summed E-state index contributed by atoms with van der Waals surface area (Å²) in [5.74, 6) is -1.52. The van der Waals surface area contributed by atoms with Gasteiger partial charge in [0.25, 0.3) is 11.8 Å². The molecule has 1 fully saturated rings. The Bertz CT molecular complexity index is 1010. The summed E-state index contributed by atoms with van der Waals surface area (Å²) in [5, 5.41) is 8.54. The quantitative estimate of drug-likeness (QED) is 0.777. The summed E-state index contributed by atoms with van der Waals surface area (Å²) in [6.45, 7) is 1.93. The zero-order valence-electron chi connectivity index (χ0n) is 16.2. The number of amides is 4. The third-order valence-corrected chi connectivity index (χ3v) is 5.22. The Balaban J connectivity index is 1.85. The molecule has 1 saturated heterocycles. The van der Waals surface area contributed by atoms with E-state index in [-0.39, 0.29) is 5.71 Å². The second kappa shape index (κ2) is 6.73. The molecule has 2 aromatic rings. The summed E-state index contributed by atoms with van der Waals surface area (Å²) < 4.78 is 0. The molecule has 8 heteroatoms. The van der Waals surface area contributed by atoms with Gasteiger partial charge in [-0.15, -0.1) is 0 Å². The lowest BCUT2D eigenvalue weighted by molar-refractivity contribution is -0.146. The molecule has 1 unspecified atom stereocenters. The average molecular weight is 392 g/mol. The number of hydrogen-bond acceptors (Lipinski definition) is 6. The Morgan fingerprint density at radius 2 is 1.52 bits per heavy atom. The number of barbiturate groups is 1. The molecule has 2 aliphatic rings. The predicted octanol–water partition coefficient (Wildman–Crippen LogP) is 1.89. The van der Waals surface area contributed by atoms with Gasteiger partial charge in [-0.2, -0.15) is 0 Å². The van der Waals surface area contributed by atoms with Crippen LogP contribution < -0.4 is 15.5 Å². The van der Waals surface area contributed by atoms with Crippen molar-refractivity contribution in [1.29, 1.82) is 0 Å². The summed E-state index contributed by atoms with van der Waals surface area (Å²) in [6, 6.07) is 13.7. The minimum absolute atomic E-state index is 0.163. The first-order valence-electron chi connectivity index (χ1n) is 9.09. The zero-order chi connectivity index (χ0) is 20.8. The van der Waals surface area contributed by atoms with Gasteiger partial charge in [-0.25, -0.2) is 4.79 Å². The maximum Gasteiger partial charge on any atom is 0.328 e. The van der Waals surface area contributed by atoms with E-state index in [1.165, 1.54) is 0 Å². The third-order valence-electron chi connectivity index (χ3n) is 5.22. The van der Waals surface area contributed by atoms with Crippen LogP contribution in [0.5, 0.6) is 0 Å². The first-order valence-corrected chi connectivity index (χ1v) is 9.09. The van der Waals surface area contributed by atoms with Gasteiger partial charge < -0.3 is 9.74 Å². The number of nitrogens with zero attached hydrogens (tertiary/aromatic N) is 2. The van der Waals surface area contributed by atoms with Gasteiger partial charge in [-0.1, -0.05) is 47.1 Å². The normalized spacial score (nSPS) is 20.0. The summed E-state index contributed by atoms with van der Waals surface area (Å²) >= 11 is 0. The van der Waals surface area contributed by atoms with Crippen LogP contribution in [0.1, 0.15) is 22.8 Å². The van der Waals surface area contributed by atoms with Gasteiger partial charge in [-0.05, 0) is 24.6 Å². The standard InChI is InChI=1S/C21H20N4O4/c1-12-4-6-14(7-5-12)17-21(18(26)22-20(28)23-19(21)27)16(24-29-17)13-8-10-15(11-9-13)25(2)3/h4-11,17H,1-3H3,(H2,22,23,26,27,28). The second-order valence-electron chi connectivity index (χ2n) is 7.32. The summed E-state index contributed by atoms with van der Waals surface area (Å²) in [7, 11) is 3.82. The predicted molar refractivity (Wildman–Crippen MR) is 106 cm³/mol. The van der Waals surface area contributed by atoms with Gasteiger partial charge in [0.05, 0.1) is 0 Å². The van der Waals surface area contributed by atoms with Crippen molar-refractivity contribution < 1.29 is 19.2 Å². The Hall–Kier alpha value is -3.68. The molecule has 2 aromatic carbocycles. The van der Waals surface area contributed by atoms with Crippen LogP contribution in [0.15, 0.2) is 53.7 Å². The number of nitrogens with one attached hydrogen (secondary N) is 2. The molecule has 0 bridgehead atoms. The molecule has 8 nitrogen and oxygen atoms in total. The van der Waals surface area contributed by atoms with Gasteiger partial charge >= 0.3 is 6.03 Å². The molecular formula is C21H20N4O4. The lowest BCUT2D eigenvalue weighted by atomic mass is 9.70. The fraction of sp³-hybridized carbons (Fsp3) is 0.238. The molecule has 0 aromatic heterocycles. The summed E-state index contributed by atoms with van der Waals surface area (Å²) in [6.07, 6.45) is -1.00. The highest BCUT2D eigenvalue weighted by atomic mass is 16.6. The number of oxime groups is 1. The molecular weight excluding hydrogens is 372 g/mol. The van der Waals surface area contributed by atoms with Gasteiger partial charge in [0, 0.05) is 25.3 Å². The van der Waals surface area contributed by atoms with Crippen LogP contribution in [-0.2, 0) is 14.4 Å². The lowest BCUT2D eigenvalue weighted by Crippen LogP contribution is -2.66. The van der Waals surface area contributed by atoms with Crippen molar-refractivity contribution >= 4 is 29.2 Å². The molecule has 1 atom stereocenters. The molecule has 0 radical (unpaired) electrons. The number of benzene rings is 2. The minimum atomic E-state index is -1.82. The van der Waals surface area contributed by atoms with Gasteiger partial charge in [0.2, 0.25) is 5.41 Å². The number of aryl methyl sites for hydroxylation is 1. The second-order valence-corrected chi connectivity index (χ2v) is 7.32. The largest absolute Gasteiger partial charge is 0.385 e. The van der Waals surface area contributed by atoms with E-state index in [1.807, 2.05) is 50.2 Å². The Labute approximate surface area is 167 Å². The summed E-state index contributed by atoms with van der Waals surface area (Å²) in [4.78, 5) is 45.5. The van der Waals surface area contributed by atoms with Crippen LogP contribution in [0.2, 0.25) is 0 Å². The molecule has 0 aliphatic carbocycles. The van der Waals surface area contributed by atoms with Crippen LogP contribution in [0, 0.1) is 12.3 Å². The van der Waals surface area contributed by atoms with Crippen LogP contribution >= 0.6 is 0 Å². The van der Waals surface area contributed by atoms with Crippen molar-refractivity contribution in [2.45, 2.75) is 13.0 Å². The van der Waals surface area contributed by atoms with E-state index >= 15 is 0 Å². The van der Waals surface area contributed by atoms with Crippen molar-refractivity contribution in [3.8, 4) is 0 Å².